The average molecular weight is 333 g/mol. The van der Waals surface area contributed by atoms with Crippen molar-refractivity contribution in [2.45, 2.75) is 45.3 Å². The van der Waals surface area contributed by atoms with Crippen LogP contribution in [0.5, 0.6) is 0 Å². The van der Waals surface area contributed by atoms with Gasteiger partial charge in [0.2, 0.25) is 0 Å². The fourth-order valence-corrected chi connectivity index (χ4v) is 3.18. The molecular weight excluding hydrogens is 302 g/mol. The van der Waals surface area contributed by atoms with Crippen molar-refractivity contribution in [2.24, 2.45) is 0 Å². The summed E-state index contributed by atoms with van der Waals surface area (Å²) in [6.45, 7) is 9.30. The Morgan fingerprint density at radius 3 is 2.46 bits per heavy atom. The molecule has 1 unspecified atom stereocenters. The van der Waals surface area contributed by atoms with Crippen LogP contribution in [-0.4, -0.2) is 59.3 Å². The van der Waals surface area contributed by atoms with Gasteiger partial charge in [0.1, 0.15) is 0 Å². The van der Waals surface area contributed by atoms with Gasteiger partial charge in [-0.05, 0) is 52.3 Å². The number of aliphatic hydroxyl groups is 1. The van der Waals surface area contributed by atoms with Gasteiger partial charge in [-0.3, -0.25) is 0 Å². The maximum absolute atomic E-state index is 12.7. The van der Waals surface area contributed by atoms with Gasteiger partial charge in [0.25, 0.3) is 0 Å². The second-order valence-corrected chi connectivity index (χ2v) is 7.25. The Kier molecular flexibility index (Phi) is 6.63. The van der Waals surface area contributed by atoms with E-state index in [2.05, 4.69) is 22.3 Å². The van der Waals surface area contributed by atoms with Crippen molar-refractivity contribution in [1.29, 1.82) is 0 Å². The Balaban J connectivity index is 2.07. The number of carbonyl (C=O) groups is 1. The highest BCUT2D eigenvalue weighted by molar-refractivity contribution is 5.74. The Morgan fingerprint density at radius 1 is 1.29 bits per heavy atom. The number of likely N-dealkylation sites (tertiary alicyclic amines) is 1. The number of carbonyl (C=O) groups excluding carboxylic acids is 1. The Hall–Kier alpha value is -1.59. The molecule has 1 saturated heterocycles. The van der Waals surface area contributed by atoms with Crippen LogP contribution in [0.4, 0.5) is 4.79 Å². The number of likely N-dealkylation sites (N-methyl/N-ethyl adjacent to an activating group) is 1. The van der Waals surface area contributed by atoms with Gasteiger partial charge in [-0.15, -0.1) is 0 Å². The molecule has 1 heterocycles. The summed E-state index contributed by atoms with van der Waals surface area (Å²) in [5.41, 5.74) is 0.224. The quantitative estimate of drug-likeness (QED) is 0.806. The van der Waals surface area contributed by atoms with Gasteiger partial charge < -0.3 is 20.2 Å². The van der Waals surface area contributed by atoms with Gasteiger partial charge in [0, 0.05) is 13.1 Å². The number of benzene rings is 1. The predicted molar refractivity (Wildman–Crippen MR) is 96.9 cm³/mol. The minimum atomic E-state index is -0.898. The number of amides is 2. The molecule has 1 aromatic carbocycles. The third kappa shape index (κ3) is 5.80. The lowest BCUT2D eigenvalue weighted by molar-refractivity contribution is 0.0473. The molecule has 24 heavy (non-hydrogen) atoms. The highest BCUT2D eigenvalue weighted by atomic mass is 16.3. The topological polar surface area (TPSA) is 55.8 Å². The number of rotatable bonds is 7. The molecule has 0 radical (unpaired) electrons. The maximum Gasteiger partial charge on any atom is 0.318 e. The third-order valence-corrected chi connectivity index (χ3v) is 4.39. The molecule has 5 nitrogen and oxygen atoms in total. The van der Waals surface area contributed by atoms with Gasteiger partial charge in [-0.25, -0.2) is 4.79 Å². The summed E-state index contributed by atoms with van der Waals surface area (Å²) in [5.74, 6) is 0. The van der Waals surface area contributed by atoms with E-state index in [-0.39, 0.29) is 12.1 Å². The molecule has 2 N–H and O–H groups in total. The summed E-state index contributed by atoms with van der Waals surface area (Å²) in [7, 11) is 0. The largest absolute Gasteiger partial charge is 0.389 e. The highest BCUT2D eigenvalue weighted by Crippen LogP contribution is 2.18. The van der Waals surface area contributed by atoms with Gasteiger partial charge in [-0.2, -0.15) is 0 Å². The van der Waals surface area contributed by atoms with Crippen LogP contribution in [0.25, 0.3) is 0 Å². The summed E-state index contributed by atoms with van der Waals surface area (Å²) in [5, 5.41) is 13.2. The smallest absolute Gasteiger partial charge is 0.318 e. The first kappa shape index (κ1) is 18.7. The normalized spacial score (nSPS) is 16.8. The lowest BCUT2D eigenvalue weighted by atomic mass is 10.1. The van der Waals surface area contributed by atoms with Gasteiger partial charge in [0.15, 0.2) is 0 Å². The molecule has 0 spiro atoms. The lowest BCUT2D eigenvalue weighted by Gasteiger charge is -2.31. The number of hydrogen-bond acceptors (Lipinski definition) is 3. The van der Waals surface area contributed by atoms with Gasteiger partial charge in [0.05, 0.1) is 18.2 Å². The highest BCUT2D eigenvalue weighted by Gasteiger charge is 2.25. The molecule has 0 aromatic heterocycles. The van der Waals surface area contributed by atoms with E-state index in [4.69, 9.17) is 0 Å². The number of hydrogen-bond donors (Lipinski definition) is 2. The third-order valence-electron chi connectivity index (χ3n) is 4.39. The van der Waals surface area contributed by atoms with Crippen molar-refractivity contribution in [2.75, 3.05) is 32.7 Å². The second kappa shape index (κ2) is 8.49. The number of nitrogens with zero attached hydrogens (tertiary/aromatic N) is 2. The average Bonchev–Trinajstić information content (AvgIpc) is 3.05. The van der Waals surface area contributed by atoms with Crippen LogP contribution >= 0.6 is 0 Å². The van der Waals surface area contributed by atoms with E-state index in [1.165, 1.54) is 12.8 Å². The molecule has 134 valence electrons. The summed E-state index contributed by atoms with van der Waals surface area (Å²) >= 11 is 0. The minimum Gasteiger partial charge on any atom is -0.389 e. The molecule has 2 amide bonds. The van der Waals surface area contributed by atoms with E-state index in [0.29, 0.717) is 13.1 Å². The summed E-state index contributed by atoms with van der Waals surface area (Å²) < 4.78 is 0. The molecule has 1 aliphatic rings. The predicted octanol–water partition coefficient (Wildman–Crippen LogP) is 2.63. The van der Waals surface area contributed by atoms with E-state index in [0.717, 1.165) is 25.2 Å². The molecule has 1 fully saturated rings. The molecule has 1 aromatic rings. The van der Waals surface area contributed by atoms with Crippen LogP contribution in [0.15, 0.2) is 30.3 Å². The maximum atomic E-state index is 12.7. The molecule has 2 rings (SSSR count). The van der Waals surface area contributed by atoms with E-state index in [1.807, 2.05) is 25.1 Å². The molecule has 0 saturated carbocycles. The standard InChI is InChI=1S/C19H31N3O2/c1-4-22(15-19(2,3)24)18(23)20-17(14-21-12-8-9-13-21)16-10-6-5-7-11-16/h5-7,10-11,17,24H,4,8-9,12-15H2,1-3H3,(H,20,23). The van der Waals surface area contributed by atoms with E-state index >= 15 is 0 Å². The monoisotopic (exact) mass is 333 g/mol. The zero-order chi connectivity index (χ0) is 17.6. The van der Waals surface area contributed by atoms with Crippen molar-refractivity contribution < 1.29 is 9.90 Å². The van der Waals surface area contributed by atoms with Crippen LogP contribution < -0.4 is 5.32 Å². The van der Waals surface area contributed by atoms with Crippen LogP contribution in [0.2, 0.25) is 0 Å². The zero-order valence-corrected chi connectivity index (χ0v) is 15.2. The van der Waals surface area contributed by atoms with E-state index in [1.54, 1.807) is 18.7 Å². The van der Waals surface area contributed by atoms with Crippen LogP contribution in [0.3, 0.4) is 0 Å². The van der Waals surface area contributed by atoms with Crippen LogP contribution in [0.1, 0.15) is 45.2 Å². The lowest BCUT2D eigenvalue weighted by Crippen LogP contribution is -2.49. The summed E-state index contributed by atoms with van der Waals surface area (Å²) in [6, 6.07) is 9.98. The molecule has 0 aliphatic carbocycles. The van der Waals surface area contributed by atoms with Crippen molar-refractivity contribution >= 4 is 6.03 Å². The van der Waals surface area contributed by atoms with Crippen molar-refractivity contribution in [1.82, 2.24) is 15.1 Å². The number of urea groups is 1. The first-order chi connectivity index (χ1) is 11.4. The Morgan fingerprint density at radius 2 is 1.92 bits per heavy atom. The fraction of sp³-hybridized carbons (Fsp3) is 0.632. The fourth-order valence-electron chi connectivity index (χ4n) is 3.18. The zero-order valence-electron chi connectivity index (χ0n) is 15.2. The molecular formula is C19H31N3O2. The van der Waals surface area contributed by atoms with E-state index < -0.39 is 5.60 Å². The molecule has 1 atom stereocenters. The Labute approximate surface area is 145 Å². The minimum absolute atomic E-state index is 0.0346. The van der Waals surface area contributed by atoms with Crippen LogP contribution in [0, 0.1) is 0 Å². The summed E-state index contributed by atoms with van der Waals surface area (Å²) in [6.07, 6.45) is 2.46. The first-order valence-electron chi connectivity index (χ1n) is 8.94. The Bertz CT molecular complexity index is 507. The first-order valence-corrected chi connectivity index (χ1v) is 8.94. The molecule has 1 aliphatic heterocycles. The summed E-state index contributed by atoms with van der Waals surface area (Å²) in [4.78, 5) is 16.8. The molecule has 5 heteroatoms. The second-order valence-electron chi connectivity index (χ2n) is 7.25. The number of nitrogens with one attached hydrogen (secondary N) is 1. The van der Waals surface area contributed by atoms with Crippen molar-refractivity contribution in [3.05, 3.63) is 35.9 Å². The van der Waals surface area contributed by atoms with Crippen molar-refractivity contribution in [3.8, 4) is 0 Å². The van der Waals surface area contributed by atoms with Crippen molar-refractivity contribution in [3.63, 3.8) is 0 Å². The van der Waals surface area contributed by atoms with E-state index in [9.17, 15) is 9.90 Å². The molecule has 0 bridgehead atoms. The van der Waals surface area contributed by atoms with Gasteiger partial charge in [-0.1, -0.05) is 30.3 Å². The SMILES string of the molecule is CCN(CC(C)(C)O)C(=O)NC(CN1CCCC1)c1ccccc1. The van der Waals surface area contributed by atoms with Crippen LogP contribution in [-0.2, 0) is 0 Å². The van der Waals surface area contributed by atoms with Gasteiger partial charge >= 0.3 is 6.03 Å².